The van der Waals surface area contributed by atoms with Gasteiger partial charge in [0.1, 0.15) is 0 Å². The quantitative estimate of drug-likeness (QED) is 0.800. The van der Waals surface area contributed by atoms with Crippen LogP contribution in [0.5, 0.6) is 0 Å². The van der Waals surface area contributed by atoms with Crippen LogP contribution in [0, 0.1) is 5.92 Å². The Kier molecular flexibility index (Phi) is 5.86. The summed E-state index contributed by atoms with van der Waals surface area (Å²) >= 11 is 0. The molecule has 1 aliphatic carbocycles. The zero-order chi connectivity index (χ0) is 20.3. The molecule has 2 aromatic rings. The summed E-state index contributed by atoms with van der Waals surface area (Å²) in [6.07, 6.45) is 10.7. The lowest BCUT2D eigenvalue weighted by molar-refractivity contribution is -0.126. The van der Waals surface area contributed by atoms with Crippen molar-refractivity contribution in [1.29, 1.82) is 0 Å². The number of nitrogens with one attached hydrogen (secondary N) is 1. The fraction of sp³-hybridized carbons (Fsp3) is 0.583. The van der Waals surface area contributed by atoms with Crippen LogP contribution in [0.4, 0.5) is 0 Å². The third-order valence-corrected chi connectivity index (χ3v) is 6.98. The van der Waals surface area contributed by atoms with Crippen LogP contribution in [0.15, 0.2) is 42.7 Å². The second-order valence-electron chi connectivity index (χ2n) is 9.22. The van der Waals surface area contributed by atoms with Crippen LogP contribution < -0.4 is 5.32 Å². The van der Waals surface area contributed by atoms with E-state index in [0.29, 0.717) is 18.0 Å². The maximum atomic E-state index is 12.3. The molecule has 0 spiro atoms. The molecule has 1 aromatic heterocycles. The maximum absolute atomic E-state index is 12.3. The SMILES string of the molecule is O=C(NC1CC1)C1CCN(C2CCN(Cc3cccc(-n4cccn4)c3)CC2)CC1. The predicted octanol–water partition coefficient (Wildman–Crippen LogP) is 2.83. The molecule has 3 aliphatic rings. The van der Waals surface area contributed by atoms with E-state index in [1.165, 1.54) is 31.2 Å². The summed E-state index contributed by atoms with van der Waals surface area (Å²) in [5, 5.41) is 7.53. The zero-order valence-corrected chi connectivity index (χ0v) is 17.7. The minimum Gasteiger partial charge on any atom is -0.353 e. The van der Waals surface area contributed by atoms with Crippen molar-refractivity contribution >= 4 is 5.91 Å². The summed E-state index contributed by atoms with van der Waals surface area (Å²) in [6, 6.07) is 11.8. The van der Waals surface area contributed by atoms with Crippen molar-refractivity contribution in [1.82, 2.24) is 24.9 Å². The molecule has 6 heteroatoms. The Morgan fingerprint density at radius 1 is 1.00 bits per heavy atom. The molecule has 2 saturated heterocycles. The standard InChI is InChI=1S/C24H33N5O/c30-24(26-21-5-6-21)20-7-15-28(16-8-20)22-9-13-27(14-10-22)18-19-3-1-4-23(17-19)29-12-2-11-25-29/h1-4,11-12,17,20-22H,5-10,13-16,18H2,(H,26,30). The average molecular weight is 408 g/mol. The smallest absolute Gasteiger partial charge is 0.223 e. The number of likely N-dealkylation sites (tertiary alicyclic amines) is 2. The normalized spacial score (nSPS) is 22.3. The number of aromatic nitrogens is 2. The summed E-state index contributed by atoms with van der Waals surface area (Å²) in [7, 11) is 0. The van der Waals surface area contributed by atoms with Gasteiger partial charge in [0.05, 0.1) is 5.69 Å². The fourth-order valence-electron chi connectivity index (χ4n) is 4.99. The number of rotatable bonds is 6. The number of carbonyl (C=O) groups excluding carboxylic acids is 1. The number of benzene rings is 1. The van der Waals surface area contributed by atoms with E-state index in [0.717, 1.165) is 51.3 Å². The van der Waals surface area contributed by atoms with Gasteiger partial charge in [-0.25, -0.2) is 4.68 Å². The first-order valence-electron chi connectivity index (χ1n) is 11.6. The first kappa shape index (κ1) is 19.8. The number of amides is 1. The number of piperidine rings is 2. The molecule has 1 saturated carbocycles. The zero-order valence-electron chi connectivity index (χ0n) is 17.7. The minimum atomic E-state index is 0.240. The number of hydrogen-bond acceptors (Lipinski definition) is 4. The average Bonchev–Trinajstić information content (AvgIpc) is 3.42. The molecule has 0 bridgehead atoms. The molecule has 2 aliphatic heterocycles. The van der Waals surface area contributed by atoms with E-state index >= 15 is 0 Å². The summed E-state index contributed by atoms with van der Waals surface area (Å²) < 4.78 is 1.92. The third-order valence-electron chi connectivity index (χ3n) is 6.98. The van der Waals surface area contributed by atoms with Gasteiger partial charge in [-0.2, -0.15) is 5.10 Å². The van der Waals surface area contributed by atoms with Gasteiger partial charge in [-0.3, -0.25) is 9.69 Å². The molecule has 1 aromatic carbocycles. The second-order valence-corrected chi connectivity index (χ2v) is 9.22. The summed E-state index contributed by atoms with van der Waals surface area (Å²) in [5.41, 5.74) is 2.48. The van der Waals surface area contributed by atoms with Crippen molar-refractivity contribution in [3.8, 4) is 5.69 Å². The Morgan fingerprint density at radius 3 is 2.50 bits per heavy atom. The Bertz CT molecular complexity index is 831. The maximum Gasteiger partial charge on any atom is 0.223 e. The van der Waals surface area contributed by atoms with Gasteiger partial charge in [-0.15, -0.1) is 0 Å². The molecular weight excluding hydrogens is 374 g/mol. The van der Waals surface area contributed by atoms with Gasteiger partial charge < -0.3 is 10.2 Å². The first-order chi connectivity index (χ1) is 14.7. The second kappa shape index (κ2) is 8.90. The van der Waals surface area contributed by atoms with Gasteiger partial charge in [0, 0.05) is 36.9 Å². The van der Waals surface area contributed by atoms with Crippen LogP contribution in [0.3, 0.4) is 0 Å². The highest BCUT2D eigenvalue weighted by molar-refractivity contribution is 5.79. The van der Waals surface area contributed by atoms with Crippen LogP contribution in [0.25, 0.3) is 5.69 Å². The van der Waals surface area contributed by atoms with Gasteiger partial charge in [0.2, 0.25) is 5.91 Å². The van der Waals surface area contributed by atoms with Gasteiger partial charge in [-0.1, -0.05) is 12.1 Å². The molecule has 6 nitrogen and oxygen atoms in total. The van der Waals surface area contributed by atoms with Crippen LogP contribution >= 0.6 is 0 Å². The lowest BCUT2D eigenvalue weighted by atomic mass is 9.92. The topological polar surface area (TPSA) is 53.4 Å². The van der Waals surface area contributed by atoms with Crippen LogP contribution in [-0.4, -0.2) is 63.8 Å². The summed E-state index contributed by atoms with van der Waals surface area (Å²) in [4.78, 5) is 17.5. The molecule has 30 heavy (non-hydrogen) atoms. The van der Waals surface area contributed by atoms with Crippen molar-refractivity contribution in [2.24, 2.45) is 5.92 Å². The third kappa shape index (κ3) is 4.76. The van der Waals surface area contributed by atoms with Gasteiger partial charge in [-0.05, 0) is 88.5 Å². The first-order valence-corrected chi connectivity index (χ1v) is 11.6. The van der Waals surface area contributed by atoms with Crippen molar-refractivity contribution in [2.45, 2.75) is 57.2 Å². The molecule has 3 heterocycles. The highest BCUT2D eigenvalue weighted by Crippen LogP contribution is 2.26. The molecule has 0 radical (unpaired) electrons. The van der Waals surface area contributed by atoms with Gasteiger partial charge >= 0.3 is 0 Å². The fourth-order valence-corrected chi connectivity index (χ4v) is 4.99. The Morgan fingerprint density at radius 2 is 1.80 bits per heavy atom. The van der Waals surface area contributed by atoms with E-state index in [2.05, 4.69) is 44.5 Å². The molecule has 0 atom stereocenters. The van der Waals surface area contributed by atoms with E-state index in [1.807, 2.05) is 23.1 Å². The largest absolute Gasteiger partial charge is 0.353 e. The summed E-state index contributed by atoms with van der Waals surface area (Å²) in [6.45, 7) is 5.47. The number of carbonyl (C=O) groups is 1. The van der Waals surface area contributed by atoms with Crippen LogP contribution in [0.1, 0.15) is 44.1 Å². The molecular formula is C24H33N5O. The van der Waals surface area contributed by atoms with Crippen LogP contribution in [-0.2, 0) is 11.3 Å². The molecule has 160 valence electrons. The highest BCUT2D eigenvalue weighted by Gasteiger charge is 2.32. The molecule has 5 rings (SSSR count). The number of hydrogen-bond donors (Lipinski definition) is 1. The molecule has 0 unspecified atom stereocenters. The highest BCUT2D eigenvalue weighted by atomic mass is 16.2. The number of nitrogens with zero attached hydrogens (tertiary/aromatic N) is 4. The Labute approximate surface area is 179 Å². The molecule has 1 amide bonds. The van der Waals surface area contributed by atoms with E-state index in [9.17, 15) is 4.79 Å². The van der Waals surface area contributed by atoms with Crippen molar-refractivity contribution in [3.63, 3.8) is 0 Å². The van der Waals surface area contributed by atoms with Crippen molar-refractivity contribution in [3.05, 3.63) is 48.3 Å². The molecule has 1 N–H and O–H groups in total. The Balaban J connectivity index is 1.08. The van der Waals surface area contributed by atoms with E-state index in [4.69, 9.17) is 0 Å². The van der Waals surface area contributed by atoms with Crippen molar-refractivity contribution < 1.29 is 4.79 Å². The molecule has 3 fully saturated rings. The van der Waals surface area contributed by atoms with Crippen LogP contribution in [0.2, 0.25) is 0 Å². The minimum absolute atomic E-state index is 0.240. The van der Waals surface area contributed by atoms with E-state index < -0.39 is 0 Å². The summed E-state index contributed by atoms with van der Waals surface area (Å²) in [5.74, 6) is 0.549. The predicted molar refractivity (Wildman–Crippen MR) is 117 cm³/mol. The van der Waals surface area contributed by atoms with Gasteiger partial charge in [0.25, 0.3) is 0 Å². The monoisotopic (exact) mass is 407 g/mol. The van der Waals surface area contributed by atoms with Crippen molar-refractivity contribution in [2.75, 3.05) is 26.2 Å². The van der Waals surface area contributed by atoms with E-state index in [1.54, 1.807) is 0 Å². The lowest BCUT2D eigenvalue weighted by Gasteiger charge is -2.41. The Hall–Kier alpha value is -2.18. The lowest BCUT2D eigenvalue weighted by Crippen LogP contribution is -2.49. The van der Waals surface area contributed by atoms with Gasteiger partial charge in [0.15, 0.2) is 0 Å². The van der Waals surface area contributed by atoms with E-state index in [-0.39, 0.29) is 5.92 Å².